The molecule has 2 aromatic heterocycles. The SMILES string of the molecule is CCCc1nc(C(C)(C)O)c(C(=O)OCc2oc(=O)oc2C)n1Cc1ccc(-c2ccccc2C2N=NNN2)cc1. The highest BCUT2D eigenvalue weighted by atomic mass is 16.6. The molecule has 0 fully saturated rings. The van der Waals surface area contributed by atoms with Gasteiger partial charge in [-0.2, -0.15) is 5.43 Å². The lowest BCUT2D eigenvalue weighted by molar-refractivity contribution is 0.0395. The number of nitrogens with one attached hydrogen (secondary N) is 2. The molecule has 1 aliphatic rings. The summed E-state index contributed by atoms with van der Waals surface area (Å²) in [6, 6.07) is 16.0. The highest BCUT2D eigenvalue weighted by Gasteiger charge is 2.33. The topological polar surface area (TPSA) is 156 Å². The normalized spacial score (nSPS) is 14.8. The van der Waals surface area contributed by atoms with E-state index in [4.69, 9.17) is 13.6 Å². The second-order valence-corrected chi connectivity index (χ2v) is 10.3. The van der Waals surface area contributed by atoms with E-state index in [0.29, 0.717) is 18.8 Å². The van der Waals surface area contributed by atoms with Crippen molar-refractivity contribution in [3.05, 3.63) is 99.0 Å². The number of rotatable bonds is 10. The summed E-state index contributed by atoms with van der Waals surface area (Å²) in [7, 11) is 0. The summed E-state index contributed by atoms with van der Waals surface area (Å²) < 4.78 is 17.1. The maximum absolute atomic E-state index is 13.5. The Labute approximate surface area is 236 Å². The van der Waals surface area contributed by atoms with E-state index in [9.17, 15) is 14.7 Å². The van der Waals surface area contributed by atoms with Gasteiger partial charge in [0.15, 0.2) is 30.0 Å². The molecule has 0 saturated heterocycles. The summed E-state index contributed by atoms with van der Waals surface area (Å²) in [6.45, 7) is 6.75. The van der Waals surface area contributed by atoms with Crippen LogP contribution in [-0.4, -0.2) is 20.6 Å². The smallest absolute Gasteiger partial charge is 0.453 e. The number of hydrazine groups is 1. The average Bonchev–Trinajstić information content (AvgIpc) is 3.67. The molecule has 4 aromatic rings. The van der Waals surface area contributed by atoms with Crippen LogP contribution in [0.25, 0.3) is 11.1 Å². The Balaban J connectivity index is 1.47. The minimum absolute atomic E-state index is 0.119. The molecule has 41 heavy (non-hydrogen) atoms. The van der Waals surface area contributed by atoms with Gasteiger partial charge >= 0.3 is 11.8 Å². The standard InChI is InChI=1S/C29H32N6O6/c1-5-8-23-30-25(29(3,4)38)24(27(36)39-16-22-17(2)40-28(37)41-22)35(23)15-18-11-13-19(14-12-18)20-9-6-7-10-21(20)26-31-33-34-32-26/h6-7,9-14,26,38H,5,8,15-16H2,1-4H3,(H,31,34)(H,32,33). The van der Waals surface area contributed by atoms with Crippen LogP contribution in [0.15, 0.2) is 72.5 Å². The predicted octanol–water partition coefficient (Wildman–Crippen LogP) is 4.46. The molecule has 1 unspecified atom stereocenters. The summed E-state index contributed by atoms with van der Waals surface area (Å²) in [5.41, 5.74) is 8.57. The van der Waals surface area contributed by atoms with Gasteiger partial charge in [0.1, 0.15) is 17.1 Å². The fourth-order valence-corrected chi connectivity index (χ4v) is 4.74. The van der Waals surface area contributed by atoms with E-state index >= 15 is 0 Å². The van der Waals surface area contributed by atoms with E-state index in [1.54, 1.807) is 25.3 Å². The molecule has 12 heteroatoms. The zero-order chi connectivity index (χ0) is 29.1. The average molecular weight is 561 g/mol. The molecule has 0 spiro atoms. The highest BCUT2D eigenvalue weighted by molar-refractivity contribution is 5.89. The molecule has 5 rings (SSSR count). The lowest BCUT2D eigenvalue weighted by Gasteiger charge is -2.18. The van der Waals surface area contributed by atoms with E-state index < -0.39 is 17.4 Å². The largest absolute Gasteiger partial charge is 0.519 e. The van der Waals surface area contributed by atoms with E-state index in [1.807, 2.05) is 55.5 Å². The van der Waals surface area contributed by atoms with Gasteiger partial charge in [-0.1, -0.05) is 60.7 Å². The summed E-state index contributed by atoms with van der Waals surface area (Å²) in [5, 5.41) is 18.9. The zero-order valence-electron chi connectivity index (χ0n) is 23.3. The third-order valence-corrected chi connectivity index (χ3v) is 6.75. The van der Waals surface area contributed by atoms with Crippen molar-refractivity contribution in [1.29, 1.82) is 0 Å². The van der Waals surface area contributed by atoms with Gasteiger partial charge in [0.2, 0.25) is 0 Å². The molecular weight excluding hydrogens is 528 g/mol. The Kier molecular flexibility index (Phi) is 7.86. The lowest BCUT2D eigenvalue weighted by atomic mass is 9.97. The fraction of sp³-hybridized carbons (Fsp3) is 0.345. The summed E-state index contributed by atoms with van der Waals surface area (Å²) in [6.07, 6.45) is 1.09. The number of hydrogen-bond acceptors (Lipinski definition) is 11. The van der Waals surface area contributed by atoms with Crippen molar-refractivity contribution < 1.29 is 23.5 Å². The zero-order valence-corrected chi connectivity index (χ0v) is 23.3. The Morgan fingerprint density at radius 2 is 1.90 bits per heavy atom. The van der Waals surface area contributed by atoms with Gasteiger partial charge in [0, 0.05) is 18.5 Å². The molecule has 0 saturated carbocycles. The minimum atomic E-state index is -1.41. The van der Waals surface area contributed by atoms with Crippen molar-refractivity contribution in [1.82, 2.24) is 20.5 Å². The Hall–Kier alpha value is -4.55. The number of carbonyl (C=O) groups excluding carboxylic acids is 1. The maximum Gasteiger partial charge on any atom is 0.519 e. The lowest BCUT2D eigenvalue weighted by Crippen LogP contribution is -2.24. The number of aliphatic hydroxyl groups is 1. The predicted molar refractivity (Wildman–Crippen MR) is 147 cm³/mol. The van der Waals surface area contributed by atoms with Crippen LogP contribution >= 0.6 is 0 Å². The molecule has 0 amide bonds. The van der Waals surface area contributed by atoms with Crippen molar-refractivity contribution in [3.8, 4) is 11.1 Å². The van der Waals surface area contributed by atoms with Crippen molar-refractivity contribution >= 4 is 5.97 Å². The molecule has 0 radical (unpaired) electrons. The number of imidazole rings is 1. The minimum Gasteiger partial charge on any atom is -0.453 e. The van der Waals surface area contributed by atoms with Crippen molar-refractivity contribution in [2.75, 3.05) is 0 Å². The number of ether oxygens (including phenoxy) is 1. The quantitative estimate of drug-likeness (QED) is 0.238. The molecule has 3 N–H and O–H groups in total. The van der Waals surface area contributed by atoms with Crippen LogP contribution in [0.2, 0.25) is 0 Å². The molecule has 2 aromatic carbocycles. The fourth-order valence-electron chi connectivity index (χ4n) is 4.74. The Morgan fingerprint density at radius 1 is 1.15 bits per heavy atom. The van der Waals surface area contributed by atoms with E-state index in [0.717, 1.165) is 28.7 Å². The van der Waals surface area contributed by atoms with Crippen LogP contribution in [-0.2, 0) is 29.9 Å². The summed E-state index contributed by atoms with van der Waals surface area (Å²) in [5.74, 6) is -0.559. The van der Waals surface area contributed by atoms with Gasteiger partial charge in [0.25, 0.3) is 0 Å². The van der Waals surface area contributed by atoms with E-state index in [1.165, 1.54) is 0 Å². The van der Waals surface area contributed by atoms with Gasteiger partial charge < -0.3 is 23.2 Å². The van der Waals surface area contributed by atoms with Crippen molar-refractivity contribution in [2.45, 2.75) is 65.5 Å². The number of nitrogens with zero attached hydrogens (tertiary/aromatic N) is 4. The molecule has 3 heterocycles. The third kappa shape index (κ3) is 5.98. The monoisotopic (exact) mass is 560 g/mol. The molecular formula is C29H32N6O6. The second-order valence-electron chi connectivity index (χ2n) is 10.3. The number of esters is 1. The van der Waals surface area contributed by atoms with Gasteiger partial charge in [-0.25, -0.2) is 20.1 Å². The Morgan fingerprint density at radius 3 is 2.54 bits per heavy atom. The summed E-state index contributed by atoms with van der Waals surface area (Å²) >= 11 is 0. The molecule has 0 aliphatic carbocycles. The first-order valence-electron chi connectivity index (χ1n) is 13.3. The first kappa shape index (κ1) is 28.0. The van der Waals surface area contributed by atoms with Crippen LogP contribution in [0.3, 0.4) is 0 Å². The Bertz CT molecular complexity index is 1630. The number of aromatic nitrogens is 2. The van der Waals surface area contributed by atoms with Gasteiger partial charge in [-0.15, -0.1) is 5.11 Å². The van der Waals surface area contributed by atoms with E-state index in [-0.39, 0.29) is 35.7 Å². The first-order valence-corrected chi connectivity index (χ1v) is 13.3. The number of aryl methyl sites for hydroxylation is 2. The van der Waals surface area contributed by atoms with Gasteiger partial charge in [-0.05, 0) is 43.9 Å². The highest BCUT2D eigenvalue weighted by Crippen LogP contribution is 2.31. The second kappa shape index (κ2) is 11.5. The number of carbonyl (C=O) groups is 1. The first-order chi connectivity index (χ1) is 19.7. The molecule has 12 nitrogen and oxygen atoms in total. The maximum atomic E-state index is 13.5. The van der Waals surface area contributed by atoms with Crippen LogP contribution in [0, 0.1) is 6.92 Å². The van der Waals surface area contributed by atoms with Crippen molar-refractivity contribution in [3.63, 3.8) is 0 Å². The summed E-state index contributed by atoms with van der Waals surface area (Å²) in [4.78, 5) is 29.5. The van der Waals surface area contributed by atoms with E-state index in [2.05, 4.69) is 26.3 Å². The number of hydrogen-bond donors (Lipinski definition) is 3. The molecule has 1 aliphatic heterocycles. The molecule has 0 bridgehead atoms. The third-order valence-electron chi connectivity index (χ3n) is 6.75. The molecule has 214 valence electrons. The van der Waals surface area contributed by atoms with Gasteiger partial charge in [0.05, 0.1) is 0 Å². The molecule has 1 atom stereocenters. The van der Waals surface area contributed by atoms with Crippen LogP contribution in [0.4, 0.5) is 0 Å². The van der Waals surface area contributed by atoms with Crippen LogP contribution in [0.1, 0.15) is 78.0 Å². The van der Waals surface area contributed by atoms with Gasteiger partial charge in [-0.3, -0.25) is 0 Å². The van der Waals surface area contributed by atoms with Crippen LogP contribution in [0.5, 0.6) is 0 Å². The van der Waals surface area contributed by atoms with Crippen LogP contribution < -0.4 is 16.8 Å². The van der Waals surface area contributed by atoms with Crippen molar-refractivity contribution in [2.24, 2.45) is 10.3 Å². The number of benzene rings is 2.